The molecule has 17 rings (SSSR count). The van der Waals surface area contributed by atoms with E-state index in [9.17, 15) is 0 Å². The molecule has 4 heteroatoms. The number of benzene rings is 14. The van der Waals surface area contributed by atoms with E-state index in [0.717, 1.165) is 45.3 Å². The maximum Gasteiger partial charge on any atom is 0.252 e. The van der Waals surface area contributed by atoms with Crippen LogP contribution >= 0.6 is 0 Å². The Morgan fingerprint density at radius 3 is 1.18 bits per heavy atom. The lowest BCUT2D eigenvalue weighted by molar-refractivity contribution is 1.16. The van der Waals surface area contributed by atoms with Crippen LogP contribution in [0.25, 0.3) is 105 Å². The summed E-state index contributed by atoms with van der Waals surface area (Å²) < 4.78 is 2.57. The van der Waals surface area contributed by atoms with E-state index in [1.54, 1.807) is 0 Å². The van der Waals surface area contributed by atoms with Crippen molar-refractivity contribution in [1.29, 1.82) is 0 Å². The summed E-state index contributed by atoms with van der Waals surface area (Å²) in [5, 5.41) is 7.32. The predicted molar refractivity (Wildman–Crippen MR) is 357 cm³/mol. The Bertz CT molecular complexity index is 4860. The zero-order chi connectivity index (χ0) is 55.2. The number of hydrogen-bond donors (Lipinski definition) is 0. The van der Waals surface area contributed by atoms with Crippen molar-refractivity contribution in [1.82, 2.24) is 4.57 Å². The summed E-state index contributed by atoms with van der Waals surface area (Å²) in [5.41, 5.74) is 25.9. The summed E-state index contributed by atoms with van der Waals surface area (Å²) in [6, 6.07) is 117. The highest BCUT2D eigenvalue weighted by molar-refractivity contribution is 7.00. The van der Waals surface area contributed by atoms with Gasteiger partial charge < -0.3 is 14.4 Å². The summed E-state index contributed by atoms with van der Waals surface area (Å²) in [4.78, 5) is 5.12. The molecule has 0 N–H and O–H groups in total. The first kappa shape index (κ1) is 47.8. The van der Waals surface area contributed by atoms with Crippen LogP contribution in [0.5, 0.6) is 0 Å². The van der Waals surface area contributed by atoms with E-state index < -0.39 is 0 Å². The van der Waals surface area contributed by atoms with Crippen molar-refractivity contribution in [2.75, 3.05) is 9.80 Å². The SMILES string of the molecule is c1ccc(-c2ccc(N3c4ccc(-c5ccccc5)cc4B4c5cc(-c6ccccc6)ccc5N(c5ccc(-c6ccccc6)cc5)c5cc(-n6c7ccc(-c8ccc9ccccc9c8)cc7c7ccc8ccccc8c76)cc3c54)cc2)cc1. The number of hydrogen-bond acceptors (Lipinski definition) is 2. The summed E-state index contributed by atoms with van der Waals surface area (Å²) in [6.45, 7) is -0.135. The topological polar surface area (TPSA) is 11.4 Å². The van der Waals surface area contributed by atoms with E-state index in [2.05, 4.69) is 330 Å². The fourth-order valence-electron chi connectivity index (χ4n) is 13.8. The minimum atomic E-state index is -0.135. The molecule has 0 aliphatic carbocycles. The lowest BCUT2D eigenvalue weighted by Gasteiger charge is -2.44. The van der Waals surface area contributed by atoms with Gasteiger partial charge in [0.15, 0.2) is 0 Å². The molecule has 3 heterocycles. The molecule has 3 nitrogen and oxygen atoms in total. The van der Waals surface area contributed by atoms with Gasteiger partial charge in [-0.3, -0.25) is 0 Å². The molecule has 2 aliphatic rings. The molecule has 0 saturated carbocycles. The molecular weight excluding hydrogens is 1010 g/mol. The summed E-state index contributed by atoms with van der Waals surface area (Å²) in [7, 11) is 0. The molecule has 15 aromatic rings. The maximum atomic E-state index is 2.57. The van der Waals surface area contributed by atoms with Crippen LogP contribution in [-0.2, 0) is 0 Å². The van der Waals surface area contributed by atoms with Crippen molar-refractivity contribution in [2.45, 2.75) is 0 Å². The Labute approximate surface area is 488 Å². The first-order chi connectivity index (χ1) is 41.6. The second-order valence-electron chi connectivity index (χ2n) is 22.4. The highest BCUT2D eigenvalue weighted by Gasteiger charge is 2.44. The molecule has 390 valence electrons. The second kappa shape index (κ2) is 19.4. The Morgan fingerprint density at radius 1 is 0.226 bits per heavy atom. The van der Waals surface area contributed by atoms with Crippen LogP contribution in [0, 0.1) is 0 Å². The smallest absolute Gasteiger partial charge is 0.252 e. The Balaban J connectivity index is 0.980. The van der Waals surface area contributed by atoms with Crippen molar-refractivity contribution < 1.29 is 0 Å². The molecule has 0 spiro atoms. The number of aromatic nitrogens is 1. The number of rotatable bonds is 8. The first-order valence-corrected chi connectivity index (χ1v) is 29.1. The van der Waals surface area contributed by atoms with Gasteiger partial charge >= 0.3 is 0 Å². The van der Waals surface area contributed by atoms with E-state index in [4.69, 9.17) is 0 Å². The second-order valence-corrected chi connectivity index (χ2v) is 22.4. The Kier molecular flexibility index (Phi) is 11.0. The van der Waals surface area contributed by atoms with E-state index in [0.29, 0.717) is 0 Å². The van der Waals surface area contributed by atoms with E-state index in [-0.39, 0.29) is 6.71 Å². The van der Waals surface area contributed by atoms with E-state index in [1.807, 2.05) is 0 Å². The summed E-state index contributed by atoms with van der Waals surface area (Å²) in [6.07, 6.45) is 0. The van der Waals surface area contributed by atoms with Crippen molar-refractivity contribution in [3.8, 4) is 61.3 Å². The van der Waals surface area contributed by atoms with Crippen molar-refractivity contribution in [2.24, 2.45) is 0 Å². The van der Waals surface area contributed by atoms with Crippen molar-refractivity contribution in [3.63, 3.8) is 0 Å². The molecule has 84 heavy (non-hydrogen) atoms. The summed E-state index contributed by atoms with van der Waals surface area (Å²) >= 11 is 0. The highest BCUT2D eigenvalue weighted by Crippen LogP contribution is 2.48. The van der Waals surface area contributed by atoms with Gasteiger partial charge in [0.1, 0.15) is 0 Å². The van der Waals surface area contributed by atoms with Gasteiger partial charge in [-0.1, -0.05) is 249 Å². The van der Waals surface area contributed by atoms with Gasteiger partial charge in [-0.2, -0.15) is 0 Å². The van der Waals surface area contributed by atoms with Crippen LogP contribution in [0.15, 0.2) is 315 Å². The standard InChI is InChI=1S/C80H52BN3/c1-5-17-53(18-6-1)58-31-39-66(40-32-58)82-75-45-37-64(55-21-9-3-10-22-55)49-72(75)81-73-50-65(56-23-11-4-12-24-56)38-46-76(73)83(67-41-33-59(34-42-67)54-19-7-2-8-20-54)78-52-68(51-77(82)79(78)81)84-74-44-36-63(62-30-29-57-25-13-14-27-61(57)47-62)48-71(74)70-43-35-60-26-15-16-28-69(60)80(70)84/h1-52H. The largest absolute Gasteiger partial charge is 0.311 e. The van der Waals surface area contributed by atoms with Gasteiger partial charge in [-0.05, 0) is 155 Å². The lowest BCUT2D eigenvalue weighted by atomic mass is 9.33. The van der Waals surface area contributed by atoms with Crippen molar-refractivity contribution >= 4 is 101 Å². The van der Waals surface area contributed by atoms with Gasteiger partial charge in [0.2, 0.25) is 0 Å². The summed E-state index contributed by atoms with van der Waals surface area (Å²) in [5.74, 6) is 0. The van der Waals surface area contributed by atoms with Gasteiger partial charge in [-0.15, -0.1) is 0 Å². The van der Waals surface area contributed by atoms with Crippen LogP contribution in [0.2, 0.25) is 0 Å². The number of fused-ring (bicyclic) bond motifs is 10. The van der Waals surface area contributed by atoms with E-state index in [1.165, 1.54) is 110 Å². The molecule has 0 saturated heterocycles. The Morgan fingerprint density at radius 2 is 0.631 bits per heavy atom. The molecule has 0 bridgehead atoms. The molecule has 0 amide bonds. The fraction of sp³-hybridized carbons (Fsp3) is 0. The van der Waals surface area contributed by atoms with Crippen LogP contribution in [0.4, 0.5) is 34.1 Å². The predicted octanol–water partition coefficient (Wildman–Crippen LogP) is 19.5. The normalized spacial score (nSPS) is 12.5. The third-order valence-electron chi connectivity index (χ3n) is 17.7. The molecular formula is C80H52BN3. The van der Waals surface area contributed by atoms with E-state index >= 15 is 0 Å². The Hall–Kier alpha value is -10.9. The molecule has 0 radical (unpaired) electrons. The minimum absolute atomic E-state index is 0.135. The third-order valence-corrected chi connectivity index (χ3v) is 17.7. The monoisotopic (exact) mass is 1070 g/mol. The van der Waals surface area contributed by atoms with Crippen molar-refractivity contribution in [3.05, 3.63) is 315 Å². The minimum Gasteiger partial charge on any atom is -0.311 e. The van der Waals surface area contributed by atoms with Gasteiger partial charge in [0.05, 0.1) is 16.7 Å². The number of nitrogens with zero attached hydrogens (tertiary/aromatic N) is 3. The third kappa shape index (κ3) is 7.76. The quantitative estimate of drug-likeness (QED) is 0.141. The van der Waals surface area contributed by atoms with Crippen LogP contribution in [-0.4, -0.2) is 11.3 Å². The molecule has 1 aromatic heterocycles. The molecule has 0 fully saturated rings. The van der Waals surface area contributed by atoms with Gasteiger partial charge in [0.25, 0.3) is 6.71 Å². The van der Waals surface area contributed by atoms with Crippen LogP contribution in [0.3, 0.4) is 0 Å². The van der Waals surface area contributed by atoms with Gasteiger partial charge in [0, 0.05) is 50.3 Å². The molecule has 2 aliphatic heterocycles. The molecule has 0 unspecified atom stereocenters. The highest BCUT2D eigenvalue weighted by atomic mass is 15.2. The number of anilines is 6. The lowest BCUT2D eigenvalue weighted by Crippen LogP contribution is -2.61. The average molecular weight is 1070 g/mol. The van der Waals surface area contributed by atoms with Crippen LogP contribution in [0.1, 0.15) is 0 Å². The zero-order valence-corrected chi connectivity index (χ0v) is 45.9. The van der Waals surface area contributed by atoms with Gasteiger partial charge in [-0.25, -0.2) is 0 Å². The fourth-order valence-corrected chi connectivity index (χ4v) is 13.8. The molecule has 14 aromatic carbocycles. The first-order valence-electron chi connectivity index (χ1n) is 29.1. The molecule has 0 atom stereocenters. The van der Waals surface area contributed by atoms with Crippen LogP contribution < -0.4 is 26.2 Å². The average Bonchev–Trinajstić information content (AvgIpc) is 1.36. The zero-order valence-electron chi connectivity index (χ0n) is 45.9. The maximum absolute atomic E-state index is 2.57.